The molecular weight excluding hydrogens is 236 g/mol. The molecule has 1 unspecified atom stereocenters. The summed E-state index contributed by atoms with van der Waals surface area (Å²) in [6.07, 6.45) is 6.00. The van der Waals surface area contributed by atoms with Crippen LogP contribution in [0.5, 0.6) is 0 Å². The Kier molecular flexibility index (Phi) is 3.56. The highest BCUT2D eigenvalue weighted by molar-refractivity contribution is 5.94. The van der Waals surface area contributed by atoms with Crippen LogP contribution in [0.3, 0.4) is 0 Å². The maximum atomic E-state index is 12.5. The standard InChI is InChI=1S/C16H22N2O/c19-15(14-6-2-1-3-7-14)18-12-5-9-16(10-13-18)8-4-11-17-16/h1-3,6-7,17H,4-5,8-13H2. The number of hydrogen-bond acceptors (Lipinski definition) is 2. The summed E-state index contributed by atoms with van der Waals surface area (Å²) < 4.78 is 0. The summed E-state index contributed by atoms with van der Waals surface area (Å²) in [4.78, 5) is 14.5. The maximum absolute atomic E-state index is 12.5. The predicted molar refractivity (Wildman–Crippen MR) is 76.2 cm³/mol. The Bertz CT molecular complexity index is 437. The van der Waals surface area contributed by atoms with E-state index in [2.05, 4.69) is 5.32 Å². The Morgan fingerprint density at radius 3 is 2.58 bits per heavy atom. The fourth-order valence-corrected chi connectivity index (χ4v) is 3.46. The summed E-state index contributed by atoms with van der Waals surface area (Å²) in [5.41, 5.74) is 1.14. The van der Waals surface area contributed by atoms with Crippen LogP contribution in [0.1, 0.15) is 42.5 Å². The van der Waals surface area contributed by atoms with Gasteiger partial charge < -0.3 is 10.2 Å². The highest BCUT2D eigenvalue weighted by Crippen LogP contribution is 2.31. The van der Waals surface area contributed by atoms with Gasteiger partial charge in [-0.15, -0.1) is 0 Å². The van der Waals surface area contributed by atoms with E-state index in [0.717, 1.165) is 38.0 Å². The van der Waals surface area contributed by atoms with Crippen LogP contribution < -0.4 is 5.32 Å². The molecule has 1 aromatic rings. The fraction of sp³-hybridized carbons (Fsp3) is 0.562. The number of rotatable bonds is 1. The third-order valence-electron chi connectivity index (χ3n) is 4.58. The lowest BCUT2D eigenvalue weighted by Gasteiger charge is -2.28. The molecule has 19 heavy (non-hydrogen) atoms. The Balaban J connectivity index is 1.68. The molecule has 0 aliphatic carbocycles. The highest BCUT2D eigenvalue weighted by Gasteiger charge is 2.35. The van der Waals surface area contributed by atoms with Gasteiger partial charge in [0.15, 0.2) is 0 Å². The van der Waals surface area contributed by atoms with Crippen molar-refractivity contribution in [1.29, 1.82) is 0 Å². The van der Waals surface area contributed by atoms with Gasteiger partial charge in [0.25, 0.3) is 5.91 Å². The molecule has 2 aliphatic heterocycles. The lowest BCUT2D eigenvalue weighted by molar-refractivity contribution is 0.0758. The van der Waals surface area contributed by atoms with Crippen molar-refractivity contribution in [2.75, 3.05) is 19.6 Å². The molecule has 3 heteroatoms. The molecule has 2 saturated heterocycles. The van der Waals surface area contributed by atoms with Crippen molar-refractivity contribution in [3.05, 3.63) is 35.9 Å². The van der Waals surface area contributed by atoms with E-state index in [1.807, 2.05) is 35.2 Å². The van der Waals surface area contributed by atoms with E-state index >= 15 is 0 Å². The van der Waals surface area contributed by atoms with Gasteiger partial charge in [0.05, 0.1) is 0 Å². The molecule has 0 bridgehead atoms. The largest absolute Gasteiger partial charge is 0.339 e. The zero-order valence-electron chi connectivity index (χ0n) is 11.4. The summed E-state index contributed by atoms with van der Waals surface area (Å²) in [7, 11) is 0. The monoisotopic (exact) mass is 258 g/mol. The first-order valence-electron chi connectivity index (χ1n) is 7.39. The van der Waals surface area contributed by atoms with Crippen molar-refractivity contribution in [2.24, 2.45) is 0 Å². The molecular formula is C16H22N2O. The van der Waals surface area contributed by atoms with E-state index in [1.54, 1.807) is 0 Å². The van der Waals surface area contributed by atoms with Crippen LogP contribution in [-0.2, 0) is 0 Å². The average Bonchev–Trinajstić information content (AvgIpc) is 2.81. The number of likely N-dealkylation sites (tertiary alicyclic amines) is 1. The minimum absolute atomic E-state index is 0.190. The number of carbonyl (C=O) groups excluding carboxylic acids is 1. The van der Waals surface area contributed by atoms with Crippen molar-refractivity contribution in [1.82, 2.24) is 10.2 Å². The fourth-order valence-electron chi connectivity index (χ4n) is 3.46. The second kappa shape index (κ2) is 5.33. The van der Waals surface area contributed by atoms with Crippen LogP contribution >= 0.6 is 0 Å². The molecule has 3 rings (SSSR count). The topological polar surface area (TPSA) is 32.3 Å². The quantitative estimate of drug-likeness (QED) is 0.839. The molecule has 0 saturated carbocycles. The van der Waals surface area contributed by atoms with Gasteiger partial charge in [-0.1, -0.05) is 18.2 Å². The van der Waals surface area contributed by atoms with Crippen LogP contribution in [0.15, 0.2) is 30.3 Å². The first-order valence-corrected chi connectivity index (χ1v) is 7.39. The Hall–Kier alpha value is -1.35. The summed E-state index contributed by atoms with van der Waals surface area (Å²) in [6.45, 7) is 2.94. The van der Waals surface area contributed by atoms with E-state index in [0.29, 0.717) is 5.54 Å². The van der Waals surface area contributed by atoms with Gasteiger partial charge >= 0.3 is 0 Å². The van der Waals surface area contributed by atoms with Crippen molar-refractivity contribution in [3.8, 4) is 0 Å². The number of carbonyl (C=O) groups is 1. The van der Waals surface area contributed by atoms with Crippen LogP contribution in [-0.4, -0.2) is 36.0 Å². The normalized spacial score (nSPS) is 27.5. The van der Waals surface area contributed by atoms with Gasteiger partial charge in [0.1, 0.15) is 0 Å². The number of nitrogens with zero attached hydrogens (tertiary/aromatic N) is 1. The Labute approximate surface area is 115 Å². The minimum Gasteiger partial charge on any atom is -0.339 e. The molecule has 2 fully saturated rings. The molecule has 102 valence electrons. The Morgan fingerprint density at radius 1 is 1.05 bits per heavy atom. The molecule has 0 aromatic heterocycles. The summed E-state index contributed by atoms with van der Waals surface area (Å²) in [5.74, 6) is 0.190. The molecule has 1 spiro atoms. The molecule has 1 N–H and O–H groups in total. The SMILES string of the molecule is O=C(c1ccccc1)N1CCCC2(CCCN2)CC1. The van der Waals surface area contributed by atoms with Crippen LogP contribution in [0.25, 0.3) is 0 Å². The molecule has 0 radical (unpaired) electrons. The maximum Gasteiger partial charge on any atom is 0.253 e. The second-order valence-electron chi connectivity index (χ2n) is 5.82. The lowest BCUT2D eigenvalue weighted by Crippen LogP contribution is -2.41. The third kappa shape index (κ3) is 2.66. The first-order chi connectivity index (χ1) is 9.29. The zero-order valence-corrected chi connectivity index (χ0v) is 11.4. The molecule has 1 atom stereocenters. The van der Waals surface area contributed by atoms with Gasteiger partial charge in [-0.25, -0.2) is 0 Å². The minimum atomic E-state index is 0.190. The van der Waals surface area contributed by atoms with Crippen molar-refractivity contribution in [2.45, 2.75) is 37.6 Å². The summed E-state index contributed by atoms with van der Waals surface area (Å²) in [6, 6.07) is 9.65. The van der Waals surface area contributed by atoms with Gasteiger partial charge in [-0.3, -0.25) is 4.79 Å². The van der Waals surface area contributed by atoms with E-state index in [4.69, 9.17) is 0 Å². The number of benzene rings is 1. The molecule has 3 nitrogen and oxygen atoms in total. The van der Waals surface area contributed by atoms with E-state index in [9.17, 15) is 4.79 Å². The predicted octanol–water partition coefficient (Wildman–Crippen LogP) is 2.43. The smallest absolute Gasteiger partial charge is 0.253 e. The van der Waals surface area contributed by atoms with Crippen molar-refractivity contribution in [3.63, 3.8) is 0 Å². The van der Waals surface area contributed by atoms with Gasteiger partial charge in [0.2, 0.25) is 0 Å². The van der Waals surface area contributed by atoms with Crippen molar-refractivity contribution >= 4 is 5.91 Å². The van der Waals surface area contributed by atoms with Crippen LogP contribution in [0.4, 0.5) is 0 Å². The molecule has 2 aliphatic rings. The molecule has 2 heterocycles. The number of amides is 1. The van der Waals surface area contributed by atoms with E-state index in [-0.39, 0.29) is 5.91 Å². The number of hydrogen-bond donors (Lipinski definition) is 1. The average molecular weight is 258 g/mol. The number of nitrogens with one attached hydrogen (secondary N) is 1. The van der Waals surface area contributed by atoms with Gasteiger partial charge in [-0.2, -0.15) is 0 Å². The zero-order chi connectivity index (χ0) is 13.1. The Morgan fingerprint density at radius 2 is 1.84 bits per heavy atom. The summed E-state index contributed by atoms with van der Waals surface area (Å²) >= 11 is 0. The highest BCUT2D eigenvalue weighted by atomic mass is 16.2. The van der Waals surface area contributed by atoms with E-state index in [1.165, 1.54) is 19.3 Å². The summed E-state index contributed by atoms with van der Waals surface area (Å²) in [5, 5.41) is 3.67. The van der Waals surface area contributed by atoms with Gasteiger partial charge in [-0.05, 0) is 50.8 Å². The second-order valence-corrected chi connectivity index (χ2v) is 5.82. The van der Waals surface area contributed by atoms with Crippen LogP contribution in [0, 0.1) is 0 Å². The molecule has 1 amide bonds. The first kappa shape index (κ1) is 12.7. The van der Waals surface area contributed by atoms with Gasteiger partial charge in [0, 0.05) is 24.2 Å². The lowest BCUT2D eigenvalue weighted by atomic mass is 9.89. The third-order valence-corrected chi connectivity index (χ3v) is 4.58. The van der Waals surface area contributed by atoms with E-state index < -0.39 is 0 Å². The molecule has 1 aromatic carbocycles. The van der Waals surface area contributed by atoms with Crippen molar-refractivity contribution < 1.29 is 4.79 Å². The van der Waals surface area contributed by atoms with Crippen LogP contribution in [0.2, 0.25) is 0 Å².